The van der Waals surface area contributed by atoms with Gasteiger partial charge in [-0.05, 0) is 43.0 Å². The summed E-state index contributed by atoms with van der Waals surface area (Å²) in [5.74, 6) is 0.921. The molecule has 1 aromatic carbocycles. The van der Waals surface area contributed by atoms with E-state index in [1.807, 2.05) is 42.7 Å². The fourth-order valence-corrected chi connectivity index (χ4v) is 3.26. The largest absolute Gasteiger partial charge is 0.326 e. The van der Waals surface area contributed by atoms with Gasteiger partial charge in [-0.3, -0.25) is 4.79 Å². The molecule has 0 aliphatic carbocycles. The molecule has 1 N–H and O–H groups in total. The molecule has 0 fully saturated rings. The molecule has 3 aromatic rings. The lowest BCUT2D eigenvalue weighted by Gasteiger charge is -2.08. The standard InChI is InChI=1S/C19H22N4OS/c1-3-12-23-17(22-16-8-5-11-20-19(16)23)9-10-18(24)21-14-6-4-7-15(13-14)25-2/h4-8,11,13H,3,9-10,12H2,1-2H3,(H,21,24). The van der Waals surface area contributed by atoms with E-state index in [1.54, 1.807) is 18.0 Å². The zero-order valence-electron chi connectivity index (χ0n) is 14.5. The first-order valence-electron chi connectivity index (χ1n) is 8.45. The first-order chi connectivity index (χ1) is 12.2. The number of rotatable bonds is 7. The van der Waals surface area contributed by atoms with Crippen molar-refractivity contribution < 1.29 is 4.79 Å². The van der Waals surface area contributed by atoms with Crippen molar-refractivity contribution in [3.8, 4) is 0 Å². The molecule has 0 aliphatic heterocycles. The van der Waals surface area contributed by atoms with E-state index in [0.717, 1.165) is 40.5 Å². The van der Waals surface area contributed by atoms with Crippen molar-refractivity contribution in [2.75, 3.05) is 11.6 Å². The number of aromatic nitrogens is 3. The number of thioether (sulfide) groups is 1. The van der Waals surface area contributed by atoms with Gasteiger partial charge in [-0.25, -0.2) is 9.97 Å². The number of anilines is 1. The highest BCUT2D eigenvalue weighted by molar-refractivity contribution is 7.98. The van der Waals surface area contributed by atoms with Gasteiger partial charge in [0, 0.05) is 36.2 Å². The van der Waals surface area contributed by atoms with Crippen LogP contribution in [0.3, 0.4) is 0 Å². The topological polar surface area (TPSA) is 59.8 Å². The zero-order valence-corrected chi connectivity index (χ0v) is 15.3. The van der Waals surface area contributed by atoms with Crippen LogP contribution >= 0.6 is 11.8 Å². The van der Waals surface area contributed by atoms with Gasteiger partial charge in [0.15, 0.2) is 5.65 Å². The Morgan fingerprint density at radius 2 is 2.16 bits per heavy atom. The van der Waals surface area contributed by atoms with Crippen molar-refractivity contribution >= 4 is 34.5 Å². The SMILES string of the molecule is CCCn1c(CCC(=O)Nc2cccc(SC)c2)nc2cccnc21. The molecule has 25 heavy (non-hydrogen) atoms. The lowest BCUT2D eigenvalue weighted by molar-refractivity contribution is -0.116. The summed E-state index contributed by atoms with van der Waals surface area (Å²) < 4.78 is 2.12. The number of nitrogens with zero attached hydrogens (tertiary/aromatic N) is 3. The van der Waals surface area contributed by atoms with Crippen molar-refractivity contribution in [1.29, 1.82) is 0 Å². The Kier molecular flexibility index (Phi) is 5.71. The molecule has 5 nitrogen and oxygen atoms in total. The van der Waals surface area contributed by atoms with E-state index in [0.29, 0.717) is 12.8 Å². The van der Waals surface area contributed by atoms with Crippen LogP contribution in [0.1, 0.15) is 25.6 Å². The minimum atomic E-state index is 0.00122. The number of carbonyl (C=O) groups is 1. The zero-order chi connectivity index (χ0) is 17.6. The minimum Gasteiger partial charge on any atom is -0.326 e. The Morgan fingerprint density at radius 3 is 2.96 bits per heavy atom. The van der Waals surface area contributed by atoms with Crippen molar-refractivity contribution in [3.05, 3.63) is 48.4 Å². The number of amides is 1. The summed E-state index contributed by atoms with van der Waals surface area (Å²) in [5, 5.41) is 2.97. The van der Waals surface area contributed by atoms with Gasteiger partial charge in [-0.15, -0.1) is 11.8 Å². The second-order valence-corrected chi connectivity index (χ2v) is 6.69. The molecule has 130 valence electrons. The van der Waals surface area contributed by atoms with Crippen molar-refractivity contribution in [2.45, 2.75) is 37.6 Å². The Labute approximate surface area is 151 Å². The first-order valence-corrected chi connectivity index (χ1v) is 9.67. The van der Waals surface area contributed by atoms with Crippen LogP contribution in [0.2, 0.25) is 0 Å². The van der Waals surface area contributed by atoms with Gasteiger partial charge < -0.3 is 9.88 Å². The normalized spacial score (nSPS) is 11.0. The van der Waals surface area contributed by atoms with Gasteiger partial charge in [-0.2, -0.15) is 0 Å². The molecule has 0 bridgehead atoms. The third kappa shape index (κ3) is 4.20. The number of benzene rings is 1. The van der Waals surface area contributed by atoms with Crippen LogP contribution in [0.25, 0.3) is 11.2 Å². The number of nitrogens with one attached hydrogen (secondary N) is 1. The van der Waals surface area contributed by atoms with Crippen LogP contribution < -0.4 is 5.32 Å². The number of imidazole rings is 1. The van der Waals surface area contributed by atoms with E-state index < -0.39 is 0 Å². The second-order valence-electron chi connectivity index (χ2n) is 5.81. The van der Waals surface area contributed by atoms with Crippen LogP contribution in [0.5, 0.6) is 0 Å². The molecule has 0 spiro atoms. The molecular weight excluding hydrogens is 332 g/mol. The molecule has 0 saturated heterocycles. The van der Waals surface area contributed by atoms with Crippen LogP contribution in [0.15, 0.2) is 47.5 Å². The number of hydrogen-bond acceptors (Lipinski definition) is 4. The van der Waals surface area contributed by atoms with Gasteiger partial charge in [0.2, 0.25) is 5.91 Å². The fourth-order valence-electron chi connectivity index (χ4n) is 2.80. The van der Waals surface area contributed by atoms with Crippen LogP contribution in [-0.2, 0) is 17.8 Å². The molecule has 2 heterocycles. The second kappa shape index (κ2) is 8.16. The number of carbonyl (C=O) groups excluding carboxylic acids is 1. The maximum Gasteiger partial charge on any atom is 0.224 e. The van der Waals surface area contributed by atoms with E-state index in [2.05, 4.69) is 26.8 Å². The van der Waals surface area contributed by atoms with E-state index in [1.165, 1.54) is 0 Å². The van der Waals surface area contributed by atoms with Crippen molar-refractivity contribution in [3.63, 3.8) is 0 Å². The Balaban J connectivity index is 1.69. The summed E-state index contributed by atoms with van der Waals surface area (Å²) in [4.78, 5) is 22.5. The summed E-state index contributed by atoms with van der Waals surface area (Å²) in [7, 11) is 0. The molecule has 0 aliphatic rings. The lowest BCUT2D eigenvalue weighted by Crippen LogP contribution is -2.14. The van der Waals surface area contributed by atoms with Crippen LogP contribution in [0, 0.1) is 0 Å². The average molecular weight is 354 g/mol. The summed E-state index contributed by atoms with van der Waals surface area (Å²) in [6, 6.07) is 11.7. The van der Waals surface area contributed by atoms with E-state index in [4.69, 9.17) is 0 Å². The molecule has 6 heteroatoms. The van der Waals surface area contributed by atoms with Crippen LogP contribution in [0.4, 0.5) is 5.69 Å². The monoisotopic (exact) mass is 354 g/mol. The van der Waals surface area contributed by atoms with Crippen LogP contribution in [-0.4, -0.2) is 26.7 Å². The van der Waals surface area contributed by atoms with Gasteiger partial charge in [-0.1, -0.05) is 13.0 Å². The Morgan fingerprint density at radius 1 is 1.28 bits per heavy atom. The van der Waals surface area contributed by atoms with E-state index >= 15 is 0 Å². The maximum absolute atomic E-state index is 12.3. The molecule has 0 saturated carbocycles. The number of pyridine rings is 1. The van der Waals surface area contributed by atoms with Gasteiger partial charge in [0.1, 0.15) is 11.3 Å². The van der Waals surface area contributed by atoms with E-state index in [-0.39, 0.29) is 5.91 Å². The fraction of sp³-hybridized carbons (Fsp3) is 0.316. The predicted octanol–water partition coefficient (Wildman–Crippen LogP) is 4.13. The quantitative estimate of drug-likeness (QED) is 0.648. The highest BCUT2D eigenvalue weighted by Crippen LogP contribution is 2.20. The molecule has 0 atom stereocenters. The lowest BCUT2D eigenvalue weighted by atomic mass is 10.2. The Bertz CT molecular complexity index is 875. The minimum absolute atomic E-state index is 0.00122. The third-order valence-electron chi connectivity index (χ3n) is 3.96. The summed E-state index contributed by atoms with van der Waals surface area (Å²) >= 11 is 1.66. The molecule has 0 radical (unpaired) electrons. The van der Waals surface area contributed by atoms with Crippen molar-refractivity contribution in [1.82, 2.24) is 14.5 Å². The first kappa shape index (κ1) is 17.5. The Hall–Kier alpha value is -2.34. The molecule has 3 rings (SSSR count). The highest BCUT2D eigenvalue weighted by Gasteiger charge is 2.12. The summed E-state index contributed by atoms with van der Waals surface area (Å²) in [6.45, 7) is 2.99. The molecule has 1 amide bonds. The number of fused-ring (bicyclic) bond motifs is 1. The highest BCUT2D eigenvalue weighted by atomic mass is 32.2. The predicted molar refractivity (Wildman–Crippen MR) is 103 cm³/mol. The average Bonchev–Trinajstić information content (AvgIpc) is 2.98. The molecule has 2 aromatic heterocycles. The molecule has 0 unspecified atom stereocenters. The summed E-state index contributed by atoms with van der Waals surface area (Å²) in [5.41, 5.74) is 2.62. The molecular formula is C19H22N4OS. The van der Waals surface area contributed by atoms with Crippen molar-refractivity contribution in [2.24, 2.45) is 0 Å². The van der Waals surface area contributed by atoms with E-state index in [9.17, 15) is 4.79 Å². The maximum atomic E-state index is 12.3. The summed E-state index contributed by atoms with van der Waals surface area (Å²) in [6.07, 6.45) is 5.81. The number of hydrogen-bond donors (Lipinski definition) is 1. The smallest absolute Gasteiger partial charge is 0.224 e. The van der Waals surface area contributed by atoms with Gasteiger partial charge in [0.25, 0.3) is 0 Å². The van der Waals surface area contributed by atoms with Gasteiger partial charge >= 0.3 is 0 Å². The number of aryl methyl sites for hydroxylation is 2. The third-order valence-corrected chi connectivity index (χ3v) is 4.68. The van der Waals surface area contributed by atoms with Gasteiger partial charge in [0.05, 0.1) is 0 Å².